The molecule has 0 spiro atoms. The molecule has 106 valence electrons. The summed E-state index contributed by atoms with van der Waals surface area (Å²) in [5, 5.41) is 3.97. The van der Waals surface area contributed by atoms with Gasteiger partial charge in [-0.05, 0) is 19.3 Å². The van der Waals surface area contributed by atoms with Crippen LogP contribution in [0.5, 0.6) is 0 Å². The van der Waals surface area contributed by atoms with Crippen LogP contribution in [0.1, 0.15) is 29.8 Å². The van der Waals surface area contributed by atoms with Crippen molar-refractivity contribution in [3.05, 3.63) is 54.2 Å². The number of aromatic nitrogens is 1. The zero-order chi connectivity index (χ0) is 14.2. The fraction of sp³-hybridized carbons (Fsp3) is 0.294. The first-order chi connectivity index (χ1) is 10.3. The second kappa shape index (κ2) is 4.88. The maximum absolute atomic E-state index is 12.7. The Morgan fingerprint density at radius 1 is 1.24 bits per heavy atom. The summed E-state index contributed by atoms with van der Waals surface area (Å²) in [6, 6.07) is 12.0. The molecule has 4 rings (SSSR count). The molecule has 4 nitrogen and oxygen atoms in total. The van der Waals surface area contributed by atoms with Crippen LogP contribution in [0.25, 0.3) is 11.3 Å². The normalized spacial score (nSPS) is 23.5. The molecule has 1 aromatic heterocycles. The molecule has 1 aromatic carbocycles. The SMILES string of the molecule is O=C(c1cc(-c2ccccc2)on1)N1C2C=CCC1CC2. The molecule has 0 radical (unpaired) electrons. The highest BCUT2D eigenvalue weighted by Crippen LogP contribution is 2.33. The summed E-state index contributed by atoms with van der Waals surface area (Å²) >= 11 is 0. The van der Waals surface area contributed by atoms with Crippen LogP contribution in [0.3, 0.4) is 0 Å². The molecule has 2 aliphatic heterocycles. The van der Waals surface area contributed by atoms with Crippen molar-refractivity contribution >= 4 is 5.91 Å². The van der Waals surface area contributed by atoms with Crippen molar-refractivity contribution in [1.29, 1.82) is 0 Å². The summed E-state index contributed by atoms with van der Waals surface area (Å²) in [4.78, 5) is 14.6. The molecule has 21 heavy (non-hydrogen) atoms. The Morgan fingerprint density at radius 3 is 2.90 bits per heavy atom. The second-order valence-corrected chi connectivity index (χ2v) is 5.62. The van der Waals surface area contributed by atoms with Gasteiger partial charge in [0, 0.05) is 17.7 Å². The zero-order valence-corrected chi connectivity index (χ0v) is 11.6. The number of benzene rings is 1. The third kappa shape index (κ3) is 2.07. The highest BCUT2D eigenvalue weighted by Gasteiger charge is 2.38. The van der Waals surface area contributed by atoms with Crippen LogP contribution < -0.4 is 0 Å². The minimum atomic E-state index is -0.0159. The van der Waals surface area contributed by atoms with Gasteiger partial charge < -0.3 is 9.42 Å². The smallest absolute Gasteiger partial charge is 0.276 e. The number of carbonyl (C=O) groups excluding carboxylic acids is 1. The van der Waals surface area contributed by atoms with Crippen molar-refractivity contribution in [2.75, 3.05) is 0 Å². The van der Waals surface area contributed by atoms with Gasteiger partial charge in [0.15, 0.2) is 11.5 Å². The summed E-state index contributed by atoms with van der Waals surface area (Å²) < 4.78 is 5.34. The van der Waals surface area contributed by atoms with Crippen molar-refractivity contribution < 1.29 is 9.32 Å². The Labute approximate surface area is 123 Å². The van der Waals surface area contributed by atoms with Crippen molar-refractivity contribution in [2.24, 2.45) is 0 Å². The van der Waals surface area contributed by atoms with Gasteiger partial charge in [0.2, 0.25) is 0 Å². The summed E-state index contributed by atoms with van der Waals surface area (Å²) in [7, 11) is 0. The third-order valence-corrected chi connectivity index (χ3v) is 4.33. The maximum atomic E-state index is 12.7. The van der Waals surface area contributed by atoms with Gasteiger partial charge in [0.05, 0.1) is 6.04 Å². The number of amides is 1. The van der Waals surface area contributed by atoms with Gasteiger partial charge in [0.25, 0.3) is 5.91 Å². The Balaban J connectivity index is 1.61. The van der Waals surface area contributed by atoms with E-state index in [-0.39, 0.29) is 11.9 Å². The first-order valence-corrected chi connectivity index (χ1v) is 7.34. The molecule has 2 atom stereocenters. The number of hydrogen-bond acceptors (Lipinski definition) is 3. The molecule has 2 unspecified atom stereocenters. The van der Waals surface area contributed by atoms with Crippen LogP contribution in [0.15, 0.2) is 53.1 Å². The lowest BCUT2D eigenvalue weighted by molar-refractivity contribution is 0.0678. The lowest BCUT2D eigenvalue weighted by Gasteiger charge is -2.30. The van der Waals surface area contributed by atoms with Crippen molar-refractivity contribution in [2.45, 2.75) is 31.3 Å². The van der Waals surface area contributed by atoms with Gasteiger partial charge in [-0.15, -0.1) is 0 Å². The summed E-state index contributed by atoms with van der Waals surface area (Å²) in [6.45, 7) is 0. The largest absolute Gasteiger partial charge is 0.355 e. The highest BCUT2D eigenvalue weighted by molar-refractivity contribution is 5.94. The third-order valence-electron chi connectivity index (χ3n) is 4.33. The summed E-state index contributed by atoms with van der Waals surface area (Å²) in [5.74, 6) is 0.622. The Kier molecular flexibility index (Phi) is 2.88. The monoisotopic (exact) mass is 280 g/mol. The van der Waals surface area contributed by atoms with Crippen LogP contribution in [-0.2, 0) is 0 Å². The van der Waals surface area contributed by atoms with E-state index in [0.717, 1.165) is 24.8 Å². The molecular formula is C17H16N2O2. The van der Waals surface area contributed by atoms with Gasteiger partial charge >= 0.3 is 0 Å². The predicted octanol–water partition coefficient (Wildman–Crippen LogP) is 3.27. The van der Waals surface area contributed by atoms with Crippen LogP contribution in [-0.4, -0.2) is 28.0 Å². The van der Waals surface area contributed by atoms with E-state index in [0.29, 0.717) is 17.5 Å². The van der Waals surface area contributed by atoms with Crippen LogP contribution in [0.4, 0.5) is 0 Å². The second-order valence-electron chi connectivity index (χ2n) is 5.62. The van der Waals surface area contributed by atoms with E-state index in [1.807, 2.05) is 35.2 Å². The molecule has 3 heterocycles. The van der Waals surface area contributed by atoms with E-state index in [9.17, 15) is 4.79 Å². The Hall–Kier alpha value is -2.36. The molecule has 0 N–H and O–H groups in total. The number of hydrogen-bond donors (Lipinski definition) is 0. The first-order valence-electron chi connectivity index (χ1n) is 7.34. The van der Waals surface area contributed by atoms with Crippen molar-refractivity contribution in [3.63, 3.8) is 0 Å². The number of rotatable bonds is 2. The highest BCUT2D eigenvalue weighted by atomic mass is 16.5. The van der Waals surface area contributed by atoms with E-state index < -0.39 is 0 Å². The molecule has 4 heteroatoms. The molecule has 2 aliphatic rings. The maximum Gasteiger partial charge on any atom is 0.276 e. The van der Waals surface area contributed by atoms with Gasteiger partial charge in [-0.3, -0.25) is 4.79 Å². The molecule has 0 saturated carbocycles. The Morgan fingerprint density at radius 2 is 2.10 bits per heavy atom. The molecule has 1 fully saturated rings. The molecule has 0 aliphatic carbocycles. The Bertz CT molecular complexity index is 690. The van der Waals surface area contributed by atoms with Crippen molar-refractivity contribution in [1.82, 2.24) is 10.1 Å². The van der Waals surface area contributed by atoms with E-state index in [1.165, 1.54) is 0 Å². The molecule has 1 saturated heterocycles. The van der Waals surface area contributed by atoms with E-state index in [1.54, 1.807) is 6.07 Å². The van der Waals surface area contributed by atoms with Gasteiger partial charge in [-0.25, -0.2) is 0 Å². The molecule has 2 bridgehead atoms. The molecule has 1 amide bonds. The van der Waals surface area contributed by atoms with Crippen LogP contribution in [0.2, 0.25) is 0 Å². The topological polar surface area (TPSA) is 46.3 Å². The van der Waals surface area contributed by atoms with Gasteiger partial charge in [-0.1, -0.05) is 47.6 Å². The number of carbonyl (C=O) groups is 1. The van der Waals surface area contributed by atoms with Gasteiger partial charge in [-0.2, -0.15) is 0 Å². The quantitative estimate of drug-likeness (QED) is 0.793. The number of fused-ring (bicyclic) bond motifs is 2. The predicted molar refractivity (Wildman–Crippen MR) is 78.7 cm³/mol. The molecular weight excluding hydrogens is 264 g/mol. The standard InChI is InChI=1S/C17H16N2O2/c20-17(19-13-7-4-8-14(19)10-9-13)15-11-16(21-18-15)12-5-2-1-3-6-12/h1-7,11,13-14H,8-10H2. The minimum absolute atomic E-state index is 0.0159. The first kappa shape index (κ1) is 12.4. The lowest BCUT2D eigenvalue weighted by Crippen LogP contribution is -2.42. The summed E-state index contributed by atoms with van der Waals surface area (Å²) in [6.07, 6.45) is 7.40. The van der Waals surface area contributed by atoms with E-state index in [2.05, 4.69) is 17.3 Å². The van der Waals surface area contributed by atoms with Crippen LogP contribution >= 0.6 is 0 Å². The fourth-order valence-corrected chi connectivity index (χ4v) is 3.29. The lowest BCUT2D eigenvalue weighted by atomic mass is 10.1. The molecule has 2 aromatic rings. The average Bonchev–Trinajstić information content (AvgIpc) is 3.11. The average molecular weight is 280 g/mol. The van der Waals surface area contributed by atoms with E-state index >= 15 is 0 Å². The fourth-order valence-electron chi connectivity index (χ4n) is 3.29. The van der Waals surface area contributed by atoms with Crippen LogP contribution in [0, 0.1) is 0 Å². The van der Waals surface area contributed by atoms with E-state index in [4.69, 9.17) is 4.52 Å². The number of nitrogens with zero attached hydrogens (tertiary/aromatic N) is 2. The minimum Gasteiger partial charge on any atom is -0.355 e. The summed E-state index contributed by atoms with van der Waals surface area (Å²) in [5.41, 5.74) is 1.34. The zero-order valence-electron chi connectivity index (χ0n) is 11.6. The van der Waals surface area contributed by atoms with Crippen molar-refractivity contribution in [3.8, 4) is 11.3 Å². The van der Waals surface area contributed by atoms with Gasteiger partial charge in [0.1, 0.15) is 0 Å².